The zero-order valence-corrected chi connectivity index (χ0v) is 8.34. The largest absolute Gasteiger partial charge is 0.295 e. The number of allylic oxidation sites excluding steroid dienone is 4. The zero-order chi connectivity index (χ0) is 9.47. The van der Waals surface area contributed by atoms with E-state index in [0.717, 1.165) is 6.42 Å². The molecule has 2 atom stereocenters. The normalized spacial score (nSPS) is 41.2. The third-order valence-electron chi connectivity index (χ3n) is 3.71. The Morgan fingerprint density at radius 1 is 1.62 bits per heavy atom. The van der Waals surface area contributed by atoms with Crippen molar-refractivity contribution < 1.29 is 4.79 Å². The van der Waals surface area contributed by atoms with Crippen LogP contribution in [0.15, 0.2) is 23.8 Å². The van der Waals surface area contributed by atoms with E-state index in [1.807, 2.05) is 0 Å². The molecular weight excluding hydrogens is 160 g/mol. The van der Waals surface area contributed by atoms with Gasteiger partial charge in [0.25, 0.3) is 0 Å². The first-order valence-electron chi connectivity index (χ1n) is 5.04. The van der Waals surface area contributed by atoms with Gasteiger partial charge < -0.3 is 0 Å². The third kappa shape index (κ3) is 1.18. The molecule has 2 unspecified atom stereocenters. The Morgan fingerprint density at radius 2 is 2.38 bits per heavy atom. The summed E-state index contributed by atoms with van der Waals surface area (Å²) in [6.07, 6.45) is 9.23. The smallest absolute Gasteiger partial charge is 0.155 e. The summed E-state index contributed by atoms with van der Waals surface area (Å²) in [6, 6.07) is 0. The number of carbonyl (C=O) groups is 1. The molecule has 13 heavy (non-hydrogen) atoms. The first-order chi connectivity index (χ1) is 6.16. The van der Waals surface area contributed by atoms with Crippen LogP contribution in [0.5, 0.6) is 0 Å². The maximum atomic E-state index is 11.2. The maximum Gasteiger partial charge on any atom is 0.155 e. The first-order valence-corrected chi connectivity index (χ1v) is 5.04. The van der Waals surface area contributed by atoms with Crippen molar-refractivity contribution in [2.24, 2.45) is 11.3 Å². The maximum absolute atomic E-state index is 11.2. The molecule has 0 N–H and O–H groups in total. The van der Waals surface area contributed by atoms with Crippen LogP contribution in [-0.4, -0.2) is 5.78 Å². The van der Waals surface area contributed by atoms with E-state index in [-0.39, 0.29) is 5.41 Å². The molecular formula is C12H16O. The Bertz CT molecular complexity index is 298. The van der Waals surface area contributed by atoms with Crippen molar-refractivity contribution >= 4 is 5.78 Å². The third-order valence-corrected chi connectivity index (χ3v) is 3.71. The van der Waals surface area contributed by atoms with Crippen molar-refractivity contribution in [3.8, 4) is 0 Å². The van der Waals surface area contributed by atoms with Crippen molar-refractivity contribution in [3.05, 3.63) is 23.8 Å². The van der Waals surface area contributed by atoms with Crippen LogP contribution in [0.25, 0.3) is 0 Å². The van der Waals surface area contributed by atoms with E-state index in [2.05, 4.69) is 26.0 Å². The van der Waals surface area contributed by atoms with E-state index < -0.39 is 0 Å². The molecule has 1 heteroatoms. The van der Waals surface area contributed by atoms with Crippen LogP contribution < -0.4 is 0 Å². The summed E-state index contributed by atoms with van der Waals surface area (Å²) in [5, 5.41) is 0. The lowest BCUT2D eigenvalue weighted by atomic mass is 9.71. The summed E-state index contributed by atoms with van der Waals surface area (Å²) in [5.74, 6) is 0.871. The molecule has 0 aromatic carbocycles. The molecule has 1 saturated carbocycles. The summed E-state index contributed by atoms with van der Waals surface area (Å²) in [7, 11) is 0. The van der Waals surface area contributed by atoms with Gasteiger partial charge in [-0.25, -0.2) is 0 Å². The molecule has 0 aliphatic heterocycles. The second-order valence-corrected chi connectivity index (χ2v) is 4.34. The molecule has 1 nitrogen and oxygen atoms in total. The van der Waals surface area contributed by atoms with Gasteiger partial charge in [0.2, 0.25) is 0 Å². The molecule has 2 aliphatic carbocycles. The van der Waals surface area contributed by atoms with E-state index in [4.69, 9.17) is 0 Å². The number of hydrogen-bond acceptors (Lipinski definition) is 1. The standard InChI is InChI=1S/C12H16O/c1-3-9-4-5-10-8-11(13)6-7-12(9,10)2/h3,6-7,10H,4-5,8H2,1-2H3/b9-3-. The van der Waals surface area contributed by atoms with Gasteiger partial charge in [-0.15, -0.1) is 0 Å². The summed E-state index contributed by atoms with van der Waals surface area (Å²) >= 11 is 0. The van der Waals surface area contributed by atoms with Gasteiger partial charge in [-0.2, -0.15) is 0 Å². The van der Waals surface area contributed by atoms with Gasteiger partial charge in [0.15, 0.2) is 5.78 Å². The van der Waals surface area contributed by atoms with Crippen LogP contribution in [0.1, 0.15) is 33.1 Å². The van der Waals surface area contributed by atoms with Gasteiger partial charge in [-0.3, -0.25) is 4.79 Å². The molecule has 2 aliphatic rings. The number of hydrogen-bond donors (Lipinski definition) is 0. The minimum absolute atomic E-state index is 0.197. The minimum Gasteiger partial charge on any atom is -0.295 e. The first kappa shape index (κ1) is 8.74. The van der Waals surface area contributed by atoms with Crippen LogP contribution >= 0.6 is 0 Å². The second-order valence-electron chi connectivity index (χ2n) is 4.34. The molecule has 0 heterocycles. The highest BCUT2D eigenvalue weighted by Gasteiger charge is 2.42. The zero-order valence-electron chi connectivity index (χ0n) is 8.34. The summed E-state index contributed by atoms with van der Waals surface area (Å²) in [4.78, 5) is 11.2. The molecule has 0 bridgehead atoms. The molecule has 0 amide bonds. The lowest BCUT2D eigenvalue weighted by Crippen LogP contribution is -2.26. The molecule has 1 fully saturated rings. The van der Waals surface area contributed by atoms with E-state index in [0.29, 0.717) is 11.7 Å². The topological polar surface area (TPSA) is 17.1 Å². The highest BCUT2D eigenvalue weighted by molar-refractivity contribution is 5.91. The second kappa shape index (κ2) is 2.83. The highest BCUT2D eigenvalue weighted by atomic mass is 16.1. The van der Waals surface area contributed by atoms with Gasteiger partial charge in [0, 0.05) is 11.8 Å². The Kier molecular flexibility index (Phi) is 1.90. The molecule has 0 aromatic rings. The van der Waals surface area contributed by atoms with E-state index in [1.165, 1.54) is 18.4 Å². The van der Waals surface area contributed by atoms with Gasteiger partial charge in [0.1, 0.15) is 0 Å². The molecule has 0 saturated heterocycles. The van der Waals surface area contributed by atoms with Crippen molar-refractivity contribution in [3.63, 3.8) is 0 Å². The lowest BCUT2D eigenvalue weighted by molar-refractivity contribution is -0.116. The van der Waals surface area contributed by atoms with Crippen molar-refractivity contribution in [1.29, 1.82) is 0 Å². The molecule has 0 aromatic heterocycles. The number of fused-ring (bicyclic) bond motifs is 1. The molecule has 0 spiro atoms. The molecule has 2 rings (SSSR count). The van der Waals surface area contributed by atoms with Gasteiger partial charge >= 0.3 is 0 Å². The SMILES string of the molecule is C/C=C1/CCC2CC(=O)C=CC12C. The summed E-state index contributed by atoms with van der Waals surface area (Å²) in [6.45, 7) is 4.37. The highest BCUT2D eigenvalue weighted by Crippen LogP contribution is 2.51. The Hall–Kier alpha value is -0.850. The predicted octanol–water partition coefficient (Wildman–Crippen LogP) is 2.88. The van der Waals surface area contributed by atoms with Gasteiger partial charge in [-0.05, 0) is 31.8 Å². The summed E-state index contributed by atoms with van der Waals surface area (Å²) < 4.78 is 0. The molecule has 0 radical (unpaired) electrons. The van der Waals surface area contributed by atoms with Gasteiger partial charge in [-0.1, -0.05) is 24.6 Å². The van der Waals surface area contributed by atoms with Crippen molar-refractivity contribution in [2.75, 3.05) is 0 Å². The Labute approximate surface area is 79.5 Å². The monoisotopic (exact) mass is 176 g/mol. The quantitative estimate of drug-likeness (QED) is 0.519. The molecule has 70 valence electrons. The average molecular weight is 176 g/mol. The fourth-order valence-corrected chi connectivity index (χ4v) is 2.75. The van der Waals surface area contributed by atoms with E-state index in [1.54, 1.807) is 6.08 Å². The van der Waals surface area contributed by atoms with E-state index in [9.17, 15) is 4.79 Å². The Morgan fingerprint density at radius 3 is 3.08 bits per heavy atom. The van der Waals surface area contributed by atoms with Crippen molar-refractivity contribution in [2.45, 2.75) is 33.1 Å². The van der Waals surface area contributed by atoms with Crippen LogP contribution in [0.3, 0.4) is 0 Å². The fraction of sp³-hybridized carbons (Fsp3) is 0.583. The summed E-state index contributed by atoms with van der Waals surface area (Å²) in [5.41, 5.74) is 1.71. The number of ketones is 1. The van der Waals surface area contributed by atoms with Crippen LogP contribution in [0.2, 0.25) is 0 Å². The predicted molar refractivity (Wildman–Crippen MR) is 53.4 cm³/mol. The van der Waals surface area contributed by atoms with Crippen LogP contribution in [0, 0.1) is 11.3 Å². The van der Waals surface area contributed by atoms with Crippen LogP contribution in [-0.2, 0) is 4.79 Å². The number of rotatable bonds is 0. The Balaban J connectivity index is 2.39. The lowest BCUT2D eigenvalue weighted by Gasteiger charge is -2.32. The average Bonchev–Trinajstić information content (AvgIpc) is 2.42. The van der Waals surface area contributed by atoms with Gasteiger partial charge in [0.05, 0.1) is 0 Å². The van der Waals surface area contributed by atoms with Crippen molar-refractivity contribution in [1.82, 2.24) is 0 Å². The van der Waals surface area contributed by atoms with E-state index >= 15 is 0 Å². The minimum atomic E-state index is 0.197. The fourth-order valence-electron chi connectivity index (χ4n) is 2.75. The van der Waals surface area contributed by atoms with Crippen LogP contribution in [0.4, 0.5) is 0 Å². The number of carbonyl (C=O) groups excluding carboxylic acids is 1.